The van der Waals surface area contributed by atoms with E-state index in [2.05, 4.69) is 29.3 Å². The van der Waals surface area contributed by atoms with Crippen molar-refractivity contribution < 1.29 is 4.79 Å². The van der Waals surface area contributed by atoms with Gasteiger partial charge in [0.25, 0.3) is 0 Å². The van der Waals surface area contributed by atoms with Crippen molar-refractivity contribution >= 4 is 5.78 Å². The molecular weight excluding hydrogens is 272 g/mol. The van der Waals surface area contributed by atoms with E-state index in [1.165, 1.54) is 5.56 Å². The molecule has 22 heavy (non-hydrogen) atoms. The van der Waals surface area contributed by atoms with E-state index in [0.717, 1.165) is 30.8 Å². The SMILES string of the molecule is CC1CNCCN1CC(=O)c1ccc(-c2ccccc2)cc1. The van der Waals surface area contributed by atoms with Gasteiger partial charge in [0.05, 0.1) is 6.54 Å². The first-order chi connectivity index (χ1) is 10.7. The molecule has 0 aliphatic carbocycles. The first kappa shape index (κ1) is 14.9. The highest BCUT2D eigenvalue weighted by molar-refractivity contribution is 5.98. The van der Waals surface area contributed by atoms with Crippen LogP contribution in [0.4, 0.5) is 0 Å². The quantitative estimate of drug-likeness (QED) is 0.880. The van der Waals surface area contributed by atoms with Gasteiger partial charge >= 0.3 is 0 Å². The van der Waals surface area contributed by atoms with Gasteiger partial charge in [0.1, 0.15) is 0 Å². The molecule has 2 aromatic rings. The number of benzene rings is 2. The highest BCUT2D eigenvalue weighted by Crippen LogP contribution is 2.19. The molecule has 0 aromatic heterocycles. The fraction of sp³-hybridized carbons (Fsp3) is 0.316. The van der Waals surface area contributed by atoms with Crippen molar-refractivity contribution in [3.8, 4) is 11.1 Å². The Bertz CT molecular complexity index is 622. The zero-order valence-electron chi connectivity index (χ0n) is 13.0. The van der Waals surface area contributed by atoms with E-state index in [1.807, 2.05) is 42.5 Å². The summed E-state index contributed by atoms with van der Waals surface area (Å²) in [6.45, 7) is 5.53. The van der Waals surface area contributed by atoms with Crippen molar-refractivity contribution in [2.45, 2.75) is 13.0 Å². The molecule has 114 valence electrons. The van der Waals surface area contributed by atoms with Gasteiger partial charge in [-0.15, -0.1) is 0 Å². The van der Waals surface area contributed by atoms with Crippen LogP contribution in [-0.2, 0) is 0 Å². The number of carbonyl (C=O) groups is 1. The smallest absolute Gasteiger partial charge is 0.176 e. The van der Waals surface area contributed by atoms with Gasteiger partial charge in [-0.1, -0.05) is 54.6 Å². The van der Waals surface area contributed by atoms with E-state index in [1.54, 1.807) is 0 Å². The molecule has 1 N–H and O–H groups in total. The fourth-order valence-corrected chi connectivity index (χ4v) is 2.87. The van der Waals surface area contributed by atoms with Crippen molar-refractivity contribution in [3.63, 3.8) is 0 Å². The standard InChI is InChI=1S/C19H22N2O/c1-15-13-20-11-12-21(15)14-19(22)18-9-7-17(8-10-18)16-5-3-2-4-6-16/h2-10,15,20H,11-14H2,1H3. The normalized spacial score (nSPS) is 19.0. The number of ketones is 1. The molecule has 2 aromatic carbocycles. The number of nitrogens with one attached hydrogen (secondary N) is 1. The van der Waals surface area contributed by atoms with Crippen molar-refractivity contribution in [1.29, 1.82) is 0 Å². The number of hydrogen-bond acceptors (Lipinski definition) is 3. The molecule has 1 saturated heterocycles. The minimum Gasteiger partial charge on any atom is -0.314 e. The summed E-state index contributed by atoms with van der Waals surface area (Å²) in [4.78, 5) is 14.7. The van der Waals surface area contributed by atoms with Gasteiger partial charge < -0.3 is 5.32 Å². The van der Waals surface area contributed by atoms with E-state index >= 15 is 0 Å². The van der Waals surface area contributed by atoms with Crippen LogP contribution in [0.5, 0.6) is 0 Å². The second-order valence-electron chi connectivity index (χ2n) is 5.89. The van der Waals surface area contributed by atoms with Gasteiger partial charge in [-0.3, -0.25) is 9.69 Å². The van der Waals surface area contributed by atoms with Gasteiger partial charge in [-0.25, -0.2) is 0 Å². The average Bonchev–Trinajstić information content (AvgIpc) is 2.58. The van der Waals surface area contributed by atoms with Crippen molar-refractivity contribution in [1.82, 2.24) is 10.2 Å². The zero-order valence-corrected chi connectivity index (χ0v) is 13.0. The lowest BCUT2D eigenvalue weighted by molar-refractivity contribution is 0.0875. The van der Waals surface area contributed by atoms with Crippen LogP contribution in [0.2, 0.25) is 0 Å². The summed E-state index contributed by atoms with van der Waals surface area (Å²) < 4.78 is 0. The lowest BCUT2D eigenvalue weighted by atomic mass is 10.0. The maximum atomic E-state index is 12.4. The minimum atomic E-state index is 0.202. The highest BCUT2D eigenvalue weighted by atomic mass is 16.1. The Morgan fingerprint density at radius 1 is 1.09 bits per heavy atom. The second kappa shape index (κ2) is 6.86. The number of carbonyl (C=O) groups excluding carboxylic acids is 1. The number of hydrogen-bond donors (Lipinski definition) is 1. The number of nitrogens with zero attached hydrogens (tertiary/aromatic N) is 1. The highest BCUT2D eigenvalue weighted by Gasteiger charge is 2.20. The van der Waals surface area contributed by atoms with Crippen LogP contribution in [0.1, 0.15) is 17.3 Å². The van der Waals surface area contributed by atoms with Crippen LogP contribution >= 0.6 is 0 Å². The fourth-order valence-electron chi connectivity index (χ4n) is 2.87. The molecule has 0 amide bonds. The summed E-state index contributed by atoms with van der Waals surface area (Å²) in [5.74, 6) is 0.202. The molecule has 1 atom stereocenters. The van der Waals surface area contributed by atoms with Crippen molar-refractivity contribution in [3.05, 3.63) is 60.2 Å². The molecule has 1 heterocycles. The molecule has 1 aliphatic rings. The maximum Gasteiger partial charge on any atom is 0.176 e. The first-order valence-electron chi connectivity index (χ1n) is 7.87. The summed E-state index contributed by atoms with van der Waals surface area (Å²) in [5, 5.41) is 3.35. The average molecular weight is 294 g/mol. The lowest BCUT2D eigenvalue weighted by Gasteiger charge is -2.33. The molecular formula is C19H22N2O. The van der Waals surface area contributed by atoms with Gasteiger partial charge in [-0.05, 0) is 18.1 Å². The Labute approximate surface area is 132 Å². The van der Waals surface area contributed by atoms with Crippen molar-refractivity contribution in [2.75, 3.05) is 26.2 Å². The van der Waals surface area contributed by atoms with Crippen molar-refractivity contribution in [2.24, 2.45) is 0 Å². The van der Waals surface area contributed by atoms with Crippen LogP contribution in [0.25, 0.3) is 11.1 Å². The minimum absolute atomic E-state index is 0.202. The van der Waals surface area contributed by atoms with Gasteiger partial charge in [0.15, 0.2) is 5.78 Å². The summed E-state index contributed by atoms with van der Waals surface area (Å²) in [7, 11) is 0. The Hall–Kier alpha value is -1.97. The molecule has 1 fully saturated rings. The monoisotopic (exact) mass is 294 g/mol. The molecule has 3 heteroatoms. The van der Waals surface area contributed by atoms with Crippen LogP contribution < -0.4 is 5.32 Å². The summed E-state index contributed by atoms with van der Waals surface area (Å²) in [6.07, 6.45) is 0. The van der Waals surface area contributed by atoms with Gasteiger partial charge in [-0.2, -0.15) is 0 Å². The second-order valence-corrected chi connectivity index (χ2v) is 5.89. The number of rotatable bonds is 4. The van der Waals surface area contributed by atoms with E-state index in [9.17, 15) is 4.79 Å². The topological polar surface area (TPSA) is 32.3 Å². The molecule has 0 radical (unpaired) electrons. The predicted molar refractivity (Wildman–Crippen MR) is 90.1 cm³/mol. The lowest BCUT2D eigenvalue weighted by Crippen LogP contribution is -2.51. The summed E-state index contributed by atoms with van der Waals surface area (Å²) in [5.41, 5.74) is 3.12. The third-order valence-corrected chi connectivity index (χ3v) is 4.30. The number of Topliss-reactive ketones (excluding diaryl/α,β-unsaturated/α-hetero) is 1. The van der Waals surface area contributed by atoms with Crippen LogP contribution in [0.3, 0.4) is 0 Å². The van der Waals surface area contributed by atoms with E-state index in [-0.39, 0.29) is 5.78 Å². The maximum absolute atomic E-state index is 12.4. The molecule has 3 nitrogen and oxygen atoms in total. The Balaban J connectivity index is 1.68. The van der Waals surface area contributed by atoms with E-state index < -0.39 is 0 Å². The van der Waals surface area contributed by atoms with Crippen LogP contribution in [0.15, 0.2) is 54.6 Å². The van der Waals surface area contributed by atoms with E-state index in [0.29, 0.717) is 12.6 Å². The molecule has 1 unspecified atom stereocenters. The molecule has 0 bridgehead atoms. The molecule has 0 spiro atoms. The third kappa shape index (κ3) is 3.43. The summed E-state index contributed by atoms with van der Waals surface area (Å²) in [6, 6.07) is 18.6. The molecule has 3 rings (SSSR count). The zero-order chi connectivity index (χ0) is 15.4. The van der Waals surface area contributed by atoms with Gasteiger partial charge in [0, 0.05) is 31.2 Å². The van der Waals surface area contributed by atoms with Gasteiger partial charge in [0.2, 0.25) is 0 Å². The van der Waals surface area contributed by atoms with E-state index in [4.69, 9.17) is 0 Å². The van der Waals surface area contributed by atoms with Crippen LogP contribution in [-0.4, -0.2) is 42.9 Å². The number of piperazine rings is 1. The van der Waals surface area contributed by atoms with Crippen LogP contribution in [0, 0.1) is 0 Å². The molecule has 1 aliphatic heterocycles. The molecule has 0 saturated carbocycles. The Morgan fingerprint density at radius 3 is 2.45 bits per heavy atom. The predicted octanol–water partition coefficient (Wildman–Crippen LogP) is 2.83. The third-order valence-electron chi connectivity index (χ3n) is 4.30. The summed E-state index contributed by atoms with van der Waals surface area (Å²) >= 11 is 0. The Morgan fingerprint density at radius 2 is 1.77 bits per heavy atom. The Kier molecular flexibility index (Phi) is 4.66. The first-order valence-corrected chi connectivity index (χ1v) is 7.87. The largest absolute Gasteiger partial charge is 0.314 e.